The van der Waals surface area contributed by atoms with Crippen LogP contribution in [-0.4, -0.2) is 46.3 Å². The van der Waals surface area contributed by atoms with Crippen molar-refractivity contribution in [1.29, 1.82) is 0 Å². The molecule has 0 unspecified atom stereocenters. The number of ether oxygens (including phenoxy) is 4. The summed E-state index contributed by atoms with van der Waals surface area (Å²) < 4.78 is 20.9. The highest BCUT2D eigenvalue weighted by atomic mass is 16.5. The van der Waals surface area contributed by atoms with E-state index in [9.17, 15) is 9.59 Å². The van der Waals surface area contributed by atoms with Crippen LogP contribution >= 0.6 is 0 Å². The summed E-state index contributed by atoms with van der Waals surface area (Å²) in [7, 11) is 4.66. The van der Waals surface area contributed by atoms with E-state index in [0.717, 1.165) is 11.3 Å². The smallest absolute Gasteiger partial charge is 0.309 e. The van der Waals surface area contributed by atoms with Crippen molar-refractivity contribution in [2.24, 2.45) is 0 Å². The molecule has 0 bridgehead atoms. The average Bonchev–Trinajstić information content (AvgIpc) is 2.74. The fraction of sp³-hybridized carbons (Fsp3) is 0.300. The highest BCUT2D eigenvalue weighted by Gasteiger charge is 2.13. The zero-order valence-corrected chi connectivity index (χ0v) is 16.1. The molecule has 0 atom stereocenters. The van der Waals surface area contributed by atoms with E-state index in [4.69, 9.17) is 18.9 Å². The van der Waals surface area contributed by atoms with Crippen LogP contribution in [-0.2, 0) is 16.1 Å². The zero-order chi connectivity index (χ0) is 20.4. The van der Waals surface area contributed by atoms with E-state index in [0.29, 0.717) is 17.2 Å². The van der Waals surface area contributed by atoms with Crippen LogP contribution in [0.25, 0.3) is 0 Å². The van der Waals surface area contributed by atoms with Crippen LogP contribution in [0.3, 0.4) is 0 Å². The molecule has 0 saturated heterocycles. The molecule has 0 saturated carbocycles. The summed E-state index contributed by atoms with van der Waals surface area (Å²) in [5.74, 6) is 1.07. The van der Waals surface area contributed by atoms with Gasteiger partial charge in [-0.1, -0.05) is 6.07 Å². The molecule has 0 aromatic heterocycles. The molecule has 2 rings (SSSR count). The number of hydrogen-bond acceptors (Lipinski definition) is 6. The Morgan fingerprint density at radius 2 is 1.43 bits per heavy atom. The van der Waals surface area contributed by atoms with Crippen molar-refractivity contribution in [2.75, 3.05) is 34.5 Å². The van der Waals surface area contributed by atoms with Gasteiger partial charge >= 0.3 is 11.8 Å². The van der Waals surface area contributed by atoms with Crippen molar-refractivity contribution in [3.05, 3.63) is 48.0 Å². The molecule has 0 heterocycles. The van der Waals surface area contributed by atoms with Gasteiger partial charge in [-0.15, -0.1) is 0 Å². The maximum Gasteiger partial charge on any atom is 0.309 e. The number of benzene rings is 2. The summed E-state index contributed by atoms with van der Waals surface area (Å²) in [5, 5.41) is 5.06. The van der Waals surface area contributed by atoms with E-state index in [1.165, 1.54) is 7.11 Å². The number of carbonyl (C=O) groups excluding carboxylic acids is 2. The number of methoxy groups -OCH3 is 3. The predicted molar refractivity (Wildman–Crippen MR) is 103 cm³/mol. The SMILES string of the molecule is COc1ccc(OCCNC(=O)C(=O)NCc2ccc(OC)c(OC)c2)cc1. The van der Waals surface area contributed by atoms with Gasteiger partial charge in [0.05, 0.1) is 27.9 Å². The molecule has 150 valence electrons. The van der Waals surface area contributed by atoms with Crippen LogP contribution in [0.15, 0.2) is 42.5 Å². The van der Waals surface area contributed by atoms with Crippen molar-refractivity contribution in [3.63, 3.8) is 0 Å². The quantitative estimate of drug-likeness (QED) is 0.500. The largest absolute Gasteiger partial charge is 0.497 e. The molecule has 0 radical (unpaired) electrons. The lowest BCUT2D eigenvalue weighted by molar-refractivity contribution is -0.139. The van der Waals surface area contributed by atoms with Crippen LogP contribution in [0.2, 0.25) is 0 Å². The zero-order valence-electron chi connectivity index (χ0n) is 16.1. The normalized spacial score (nSPS) is 9.96. The van der Waals surface area contributed by atoms with Crippen LogP contribution in [0, 0.1) is 0 Å². The van der Waals surface area contributed by atoms with E-state index < -0.39 is 11.8 Å². The maximum absolute atomic E-state index is 11.9. The summed E-state index contributed by atoms with van der Waals surface area (Å²) in [5.41, 5.74) is 0.779. The fourth-order valence-electron chi connectivity index (χ4n) is 2.34. The molecule has 0 fully saturated rings. The third kappa shape index (κ3) is 6.08. The van der Waals surface area contributed by atoms with Gasteiger partial charge in [0.15, 0.2) is 11.5 Å². The first-order valence-corrected chi connectivity index (χ1v) is 8.61. The van der Waals surface area contributed by atoms with E-state index in [1.807, 2.05) is 0 Å². The molecule has 0 aliphatic carbocycles. The molecular weight excluding hydrogens is 364 g/mol. The van der Waals surface area contributed by atoms with Crippen LogP contribution in [0.4, 0.5) is 0 Å². The van der Waals surface area contributed by atoms with E-state index >= 15 is 0 Å². The fourth-order valence-corrected chi connectivity index (χ4v) is 2.34. The Labute approximate surface area is 163 Å². The second-order valence-corrected chi connectivity index (χ2v) is 5.65. The Morgan fingerprint density at radius 1 is 0.786 bits per heavy atom. The van der Waals surface area contributed by atoms with Crippen molar-refractivity contribution < 1.29 is 28.5 Å². The Balaban J connectivity index is 1.71. The molecule has 2 aromatic rings. The first kappa shape index (κ1) is 20.9. The summed E-state index contributed by atoms with van der Waals surface area (Å²) >= 11 is 0. The molecule has 2 aromatic carbocycles. The van der Waals surface area contributed by atoms with Gasteiger partial charge in [-0.2, -0.15) is 0 Å². The lowest BCUT2D eigenvalue weighted by atomic mass is 10.2. The second-order valence-electron chi connectivity index (χ2n) is 5.65. The van der Waals surface area contributed by atoms with E-state index in [2.05, 4.69) is 10.6 Å². The molecular formula is C20H24N2O6. The second kappa shape index (κ2) is 10.7. The summed E-state index contributed by atoms with van der Waals surface area (Å²) in [6, 6.07) is 12.3. The van der Waals surface area contributed by atoms with Crippen molar-refractivity contribution in [2.45, 2.75) is 6.54 Å². The number of carbonyl (C=O) groups is 2. The van der Waals surface area contributed by atoms with Crippen molar-refractivity contribution >= 4 is 11.8 Å². The number of nitrogens with one attached hydrogen (secondary N) is 2. The van der Waals surface area contributed by atoms with E-state index in [1.54, 1.807) is 56.7 Å². The summed E-state index contributed by atoms with van der Waals surface area (Å²) in [6.45, 7) is 0.630. The number of rotatable bonds is 9. The highest BCUT2D eigenvalue weighted by molar-refractivity contribution is 6.35. The predicted octanol–water partition coefficient (Wildman–Crippen LogP) is 1.52. The third-order valence-electron chi connectivity index (χ3n) is 3.82. The first-order chi connectivity index (χ1) is 13.6. The minimum Gasteiger partial charge on any atom is -0.497 e. The van der Waals surface area contributed by atoms with Crippen LogP contribution in [0.1, 0.15) is 5.56 Å². The summed E-state index contributed by atoms with van der Waals surface area (Å²) in [6.07, 6.45) is 0. The summed E-state index contributed by atoms with van der Waals surface area (Å²) in [4.78, 5) is 23.7. The van der Waals surface area contributed by atoms with Gasteiger partial charge in [0.1, 0.15) is 18.1 Å². The van der Waals surface area contributed by atoms with Gasteiger partial charge in [-0.25, -0.2) is 0 Å². The lowest BCUT2D eigenvalue weighted by Crippen LogP contribution is -2.41. The van der Waals surface area contributed by atoms with Crippen molar-refractivity contribution in [3.8, 4) is 23.0 Å². The molecule has 28 heavy (non-hydrogen) atoms. The van der Waals surface area contributed by atoms with Crippen LogP contribution in [0.5, 0.6) is 23.0 Å². The third-order valence-corrected chi connectivity index (χ3v) is 3.82. The monoisotopic (exact) mass is 388 g/mol. The molecule has 8 heteroatoms. The lowest BCUT2D eigenvalue weighted by Gasteiger charge is -2.11. The first-order valence-electron chi connectivity index (χ1n) is 8.61. The van der Waals surface area contributed by atoms with Crippen molar-refractivity contribution in [1.82, 2.24) is 10.6 Å². The van der Waals surface area contributed by atoms with Gasteiger partial charge in [-0.3, -0.25) is 9.59 Å². The van der Waals surface area contributed by atoms with E-state index in [-0.39, 0.29) is 19.7 Å². The standard InChI is InChI=1S/C20H24N2O6/c1-25-15-5-7-16(8-6-15)28-11-10-21-19(23)20(24)22-13-14-4-9-17(26-2)18(12-14)27-3/h4-9,12H,10-11,13H2,1-3H3,(H,21,23)(H,22,24). The average molecular weight is 388 g/mol. The van der Waals surface area contributed by atoms with Crippen LogP contribution < -0.4 is 29.6 Å². The highest BCUT2D eigenvalue weighted by Crippen LogP contribution is 2.27. The van der Waals surface area contributed by atoms with Gasteiger partial charge in [0.25, 0.3) is 0 Å². The molecule has 8 nitrogen and oxygen atoms in total. The Kier molecular flexibility index (Phi) is 7.95. The maximum atomic E-state index is 11.9. The Hall–Kier alpha value is -3.42. The topological polar surface area (TPSA) is 95.1 Å². The Morgan fingerprint density at radius 3 is 2.07 bits per heavy atom. The minimum absolute atomic E-state index is 0.189. The number of hydrogen-bond donors (Lipinski definition) is 2. The molecule has 2 amide bonds. The van der Waals surface area contributed by atoms with Gasteiger partial charge in [0.2, 0.25) is 0 Å². The Bertz CT molecular complexity index is 792. The van der Waals surface area contributed by atoms with Gasteiger partial charge < -0.3 is 29.6 Å². The molecule has 2 N–H and O–H groups in total. The minimum atomic E-state index is -0.723. The molecule has 0 aliphatic heterocycles. The molecule has 0 aliphatic rings. The number of amides is 2. The molecule has 0 spiro atoms. The van der Waals surface area contributed by atoms with Gasteiger partial charge in [-0.05, 0) is 42.0 Å². The van der Waals surface area contributed by atoms with Gasteiger partial charge in [0, 0.05) is 6.54 Å².